The van der Waals surface area contributed by atoms with Crippen molar-refractivity contribution in [2.24, 2.45) is 0 Å². The maximum Gasteiger partial charge on any atom is 0.124 e. The fourth-order valence-corrected chi connectivity index (χ4v) is 9.36. The van der Waals surface area contributed by atoms with Crippen molar-refractivity contribution < 1.29 is 0 Å². The van der Waals surface area contributed by atoms with E-state index in [0.29, 0.717) is 0 Å². The van der Waals surface area contributed by atoms with Crippen LogP contribution in [0.3, 0.4) is 0 Å². The standard InChI is InChI=1S/C43H26N2S2/c1-3-12-27(13-4-1)30-16-7-9-20-36(30)45(29-22-25-39-35(26-29)31-17-8-10-21-38(31)46-39)37-24-23-33-40-32(37)18-11-19-34(40)42-41(33)44-43(47-42)28-14-5-2-6-15-28/h1-26H. The number of aromatic nitrogens is 1. The van der Waals surface area contributed by atoms with Crippen LogP contribution in [0.15, 0.2) is 158 Å². The van der Waals surface area contributed by atoms with Crippen molar-refractivity contribution in [2.75, 3.05) is 4.90 Å². The lowest BCUT2D eigenvalue weighted by Gasteiger charge is -2.29. The van der Waals surface area contributed by atoms with Crippen LogP contribution >= 0.6 is 22.7 Å². The maximum absolute atomic E-state index is 5.21. The Balaban J connectivity index is 1.22. The highest BCUT2D eigenvalue weighted by molar-refractivity contribution is 7.25. The van der Waals surface area contributed by atoms with Crippen molar-refractivity contribution in [1.82, 2.24) is 4.98 Å². The molecule has 0 spiro atoms. The molecule has 47 heavy (non-hydrogen) atoms. The monoisotopic (exact) mass is 634 g/mol. The highest BCUT2D eigenvalue weighted by Crippen LogP contribution is 2.54. The number of benzene rings is 7. The number of hydrogen-bond acceptors (Lipinski definition) is 4. The molecule has 10 rings (SSSR count). The van der Waals surface area contributed by atoms with Crippen LogP contribution in [0.1, 0.15) is 0 Å². The normalized spacial score (nSPS) is 11.8. The van der Waals surface area contributed by atoms with Gasteiger partial charge >= 0.3 is 0 Å². The highest BCUT2D eigenvalue weighted by atomic mass is 32.1. The Morgan fingerprint density at radius 2 is 1.15 bits per heavy atom. The number of para-hydroxylation sites is 1. The van der Waals surface area contributed by atoms with Gasteiger partial charge in [0.2, 0.25) is 0 Å². The molecule has 9 aromatic rings. The zero-order valence-electron chi connectivity index (χ0n) is 25.2. The molecule has 4 heteroatoms. The molecule has 0 saturated heterocycles. The molecule has 0 N–H and O–H groups in total. The van der Waals surface area contributed by atoms with Gasteiger partial charge in [0, 0.05) is 58.9 Å². The van der Waals surface area contributed by atoms with Gasteiger partial charge in [-0.15, -0.1) is 22.7 Å². The van der Waals surface area contributed by atoms with E-state index in [2.05, 4.69) is 163 Å². The van der Waals surface area contributed by atoms with Gasteiger partial charge in [0.15, 0.2) is 0 Å². The zero-order chi connectivity index (χ0) is 30.9. The second kappa shape index (κ2) is 10.5. The molecule has 2 nitrogen and oxygen atoms in total. The quantitative estimate of drug-likeness (QED) is 0.187. The summed E-state index contributed by atoms with van der Waals surface area (Å²) >= 11 is 3.65. The first-order valence-electron chi connectivity index (χ1n) is 15.8. The first-order chi connectivity index (χ1) is 23.3. The van der Waals surface area contributed by atoms with E-state index in [9.17, 15) is 0 Å². The zero-order valence-corrected chi connectivity index (χ0v) is 26.9. The molecule has 2 heterocycles. The minimum atomic E-state index is 1.07. The molecule has 0 radical (unpaired) electrons. The first-order valence-corrected chi connectivity index (χ1v) is 17.4. The first kappa shape index (κ1) is 26.6. The topological polar surface area (TPSA) is 16.1 Å². The van der Waals surface area contributed by atoms with Crippen LogP contribution in [0.5, 0.6) is 0 Å². The molecule has 2 aromatic heterocycles. The van der Waals surface area contributed by atoms with Crippen LogP contribution in [0.2, 0.25) is 0 Å². The van der Waals surface area contributed by atoms with E-state index in [1.807, 2.05) is 11.3 Å². The molecule has 0 fully saturated rings. The van der Waals surface area contributed by atoms with Crippen molar-refractivity contribution >= 4 is 70.7 Å². The van der Waals surface area contributed by atoms with Crippen molar-refractivity contribution in [3.63, 3.8) is 0 Å². The maximum atomic E-state index is 5.21. The Bertz CT molecular complexity index is 2610. The Labute approximate surface area is 280 Å². The van der Waals surface area contributed by atoms with Gasteiger partial charge in [-0.05, 0) is 42.0 Å². The number of rotatable bonds is 5. The van der Waals surface area contributed by atoms with Crippen molar-refractivity contribution in [3.05, 3.63) is 158 Å². The van der Waals surface area contributed by atoms with E-state index < -0.39 is 0 Å². The third-order valence-electron chi connectivity index (χ3n) is 9.25. The number of hydrogen-bond donors (Lipinski definition) is 0. The van der Waals surface area contributed by atoms with Crippen molar-refractivity contribution in [1.29, 1.82) is 0 Å². The fourth-order valence-electron chi connectivity index (χ4n) is 7.15. The summed E-state index contributed by atoms with van der Waals surface area (Å²) in [5.41, 5.74) is 10.6. The number of nitrogens with zero attached hydrogens (tertiary/aromatic N) is 2. The van der Waals surface area contributed by atoms with E-state index in [0.717, 1.165) is 33.3 Å². The molecule has 0 atom stereocenters. The number of thiophene rings is 1. The molecule has 0 amide bonds. The van der Waals surface area contributed by atoms with E-state index in [-0.39, 0.29) is 0 Å². The molecule has 0 aliphatic heterocycles. The summed E-state index contributed by atoms with van der Waals surface area (Å²) in [5.74, 6) is 0. The van der Waals surface area contributed by atoms with Gasteiger partial charge in [-0.1, -0.05) is 121 Å². The lowest BCUT2D eigenvalue weighted by molar-refractivity contribution is 1.30. The summed E-state index contributed by atoms with van der Waals surface area (Å²) in [7, 11) is 0. The molecule has 220 valence electrons. The largest absolute Gasteiger partial charge is 0.309 e. The molecule has 0 unspecified atom stereocenters. The van der Waals surface area contributed by atoms with E-state index in [1.165, 1.54) is 58.1 Å². The molecule has 1 aliphatic rings. The van der Waals surface area contributed by atoms with Gasteiger partial charge in [-0.2, -0.15) is 0 Å². The van der Waals surface area contributed by atoms with Gasteiger partial charge < -0.3 is 4.90 Å². The number of anilines is 3. The Kier molecular flexibility index (Phi) is 5.95. The predicted octanol–water partition coefficient (Wildman–Crippen LogP) is 13.1. The molecule has 7 aromatic carbocycles. The predicted molar refractivity (Wildman–Crippen MR) is 202 cm³/mol. The summed E-state index contributed by atoms with van der Waals surface area (Å²) < 4.78 is 2.62. The third-order valence-corrected chi connectivity index (χ3v) is 11.5. The van der Waals surface area contributed by atoms with Crippen LogP contribution in [0.25, 0.3) is 74.3 Å². The van der Waals surface area contributed by atoms with Crippen LogP contribution in [-0.2, 0) is 0 Å². The second-order valence-electron chi connectivity index (χ2n) is 11.9. The SMILES string of the molecule is c1ccc(-c2nc3c(s2)-c2cccc4c(N(c5ccc6sc7ccccc7c6c5)c5ccccc5-c5ccccc5)ccc-3c24)cc1. The summed E-state index contributed by atoms with van der Waals surface area (Å²) in [4.78, 5) is 8.93. The average molecular weight is 635 g/mol. The van der Waals surface area contributed by atoms with E-state index >= 15 is 0 Å². The van der Waals surface area contributed by atoms with Crippen LogP contribution in [0.4, 0.5) is 17.1 Å². The fraction of sp³-hybridized carbons (Fsp3) is 0. The van der Waals surface area contributed by atoms with E-state index in [4.69, 9.17) is 4.98 Å². The van der Waals surface area contributed by atoms with Gasteiger partial charge in [0.1, 0.15) is 5.01 Å². The molecule has 0 saturated carbocycles. The molecule has 1 aliphatic carbocycles. The molecular weight excluding hydrogens is 609 g/mol. The van der Waals surface area contributed by atoms with Gasteiger partial charge in [0.25, 0.3) is 0 Å². The van der Waals surface area contributed by atoms with Crippen molar-refractivity contribution in [2.45, 2.75) is 0 Å². The number of thiazole rings is 1. The minimum absolute atomic E-state index is 1.07. The minimum Gasteiger partial charge on any atom is -0.309 e. The smallest absolute Gasteiger partial charge is 0.124 e. The number of fused-ring (bicyclic) bond motifs is 6. The van der Waals surface area contributed by atoms with Crippen LogP contribution < -0.4 is 4.90 Å². The van der Waals surface area contributed by atoms with Gasteiger partial charge in [0.05, 0.1) is 21.9 Å². The van der Waals surface area contributed by atoms with E-state index in [1.54, 1.807) is 11.3 Å². The average Bonchev–Trinajstić information content (AvgIpc) is 3.82. The summed E-state index contributed by atoms with van der Waals surface area (Å²) in [6.07, 6.45) is 0. The lowest BCUT2D eigenvalue weighted by Crippen LogP contribution is -2.11. The summed E-state index contributed by atoms with van der Waals surface area (Å²) in [5, 5.41) is 6.16. The molecule has 0 bridgehead atoms. The Morgan fingerprint density at radius 1 is 0.447 bits per heavy atom. The van der Waals surface area contributed by atoms with Gasteiger partial charge in [-0.25, -0.2) is 4.98 Å². The Hall–Kier alpha value is -5.55. The summed E-state index contributed by atoms with van der Waals surface area (Å²) in [6.45, 7) is 0. The van der Waals surface area contributed by atoms with Gasteiger partial charge in [-0.3, -0.25) is 0 Å². The third kappa shape index (κ3) is 4.12. The Morgan fingerprint density at radius 3 is 2.02 bits per heavy atom. The van der Waals surface area contributed by atoms with Crippen LogP contribution in [0, 0.1) is 0 Å². The van der Waals surface area contributed by atoms with Crippen LogP contribution in [-0.4, -0.2) is 4.98 Å². The van der Waals surface area contributed by atoms with Crippen molar-refractivity contribution in [3.8, 4) is 43.4 Å². The second-order valence-corrected chi connectivity index (χ2v) is 14.0. The lowest BCUT2D eigenvalue weighted by atomic mass is 9.98. The molecular formula is C43H26N2S2. The summed E-state index contributed by atoms with van der Waals surface area (Å²) in [6, 6.07) is 57.1. The highest BCUT2D eigenvalue weighted by Gasteiger charge is 2.29.